The van der Waals surface area contributed by atoms with E-state index in [0.717, 1.165) is 6.07 Å². The molecule has 8 heteroatoms. The molecule has 1 heterocycles. The summed E-state index contributed by atoms with van der Waals surface area (Å²) in [5, 5.41) is 0.192. The smallest absolute Gasteiger partial charge is 0.354 e. The summed E-state index contributed by atoms with van der Waals surface area (Å²) >= 11 is 0. The number of aromatic nitrogens is 1. The lowest BCUT2D eigenvalue weighted by Gasteiger charge is -2.04. The highest BCUT2D eigenvalue weighted by molar-refractivity contribution is 5.91. The van der Waals surface area contributed by atoms with Crippen molar-refractivity contribution in [1.29, 1.82) is 0 Å². The second kappa shape index (κ2) is 9.50. The number of H-pyrrole nitrogens is 1. The normalized spacial score (nSPS) is 12.0. The number of carbonyl (C=O) groups is 2. The van der Waals surface area contributed by atoms with E-state index in [1.54, 1.807) is 26.0 Å². The predicted octanol–water partition coefficient (Wildman–Crippen LogP) is 1.81. The number of nitrogens with one attached hydrogen (secondary N) is 1. The minimum Gasteiger partial charge on any atom is -0.485 e. The summed E-state index contributed by atoms with van der Waals surface area (Å²) in [5.74, 6) is -1.52. The molecule has 0 spiro atoms. The maximum absolute atomic E-state index is 12.4. The molecule has 0 fully saturated rings. The lowest BCUT2D eigenvalue weighted by atomic mass is 10.2. The number of methoxy groups -OCH3 is 1. The van der Waals surface area contributed by atoms with Crippen LogP contribution in [0, 0.1) is 5.92 Å². The van der Waals surface area contributed by atoms with E-state index in [0.29, 0.717) is 5.52 Å². The topological polar surface area (TPSA) is 112 Å². The van der Waals surface area contributed by atoms with E-state index in [9.17, 15) is 19.2 Å². The molecule has 28 heavy (non-hydrogen) atoms. The fourth-order valence-corrected chi connectivity index (χ4v) is 2.41. The van der Waals surface area contributed by atoms with Crippen molar-refractivity contribution >= 4 is 22.8 Å². The SMILES string of the molecule is CCOC(=O)c1cc(=O)c2cc(OCC=CC(C)C(=O)OC)c(=O)ccc2[nH]1. The van der Waals surface area contributed by atoms with Crippen LogP contribution in [0.2, 0.25) is 0 Å². The molecular weight excluding hydrogens is 366 g/mol. The van der Waals surface area contributed by atoms with Crippen LogP contribution >= 0.6 is 0 Å². The molecule has 0 aliphatic rings. The van der Waals surface area contributed by atoms with E-state index in [-0.39, 0.29) is 36.0 Å². The monoisotopic (exact) mass is 387 g/mol. The Morgan fingerprint density at radius 1 is 1.18 bits per heavy atom. The lowest BCUT2D eigenvalue weighted by molar-refractivity contribution is -0.143. The van der Waals surface area contributed by atoms with Crippen LogP contribution in [0.15, 0.2) is 46.0 Å². The van der Waals surface area contributed by atoms with Crippen LogP contribution in [0.25, 0.3) is 10.9 Å². The number of aromatic amines is 1. The zero-order chi connectivity index (χ0) is 20.7. The van der Waals surface area contributed by atoms with Crippen molar-refractivity contribution in [3.05, 3.63) is 62.6 Å². The summed E-state index contributed by atoms with van der Waals surface area (Å²) in [6, 6.07) is 5.09. The van der Waals surface area contributed by atoms with Gasteiger partial charge in [0.2, 0.25) is 5.43 Å². The van der Waals surface area contributed by atoms with Gasteiger partial charge in [-0.2, -0.15) is 0 Å². The molecule has 0 saturated heterocycles. The van der Waals surface area contributed by atoms with Gasteiger partial charge in [0.15, 0.2) is 11.2 Å². The number of carbonyl (C=O) groups excluding carboxylic acids is 2. The van der Waals surface area contributed by atoms with Gasteiger partial charge in [-0.1, -0.05) is 12.2 Å². The van der Waals surface area contributed by atoms with Crippen molar-refractivity contribution in [2.75, 3.05) is 20.3 Å². The van der Waals surface area contributed by atoms with Gasteiger partial charge in [0.05, 0.1) is 25.2 Å². The Morgan fingerprint density at radius 3 is 2.61 bits per heavy atom. The number of esters is 2. The van der Waals surface area contributed by atoms with E-state index in [2.05, 4.69) is 9.72 Å². The van der Waals surface area contributed by atoms with Crippen LogP contribution < -0.4 is 15.6 Å². The second-order valence-electron chi connectivity index (χ2n) is 5.85. The van der Waals surface area contributed by atoms with Gasteiger partial charge >= 0.3 is 11.9 Å². The van der Waals surface area contributed by atoms with Crippen molar-refractivity contribution in [2.45, 2.75) is 13.8 Å². The van der Waals surface area contributed by atoms with Crippen LogP contribution in [0.5, 0.6) is 5.75 Å². The standard InChI is InChI=1S/C20H21NO7/c1-4-27-20(25)15-11-17(23)13-10-18(16(22)8-7-14(13)21-15)28-9-5-6-12(2)19(24)26-3/h5-8,10-12H,4,9H2,1-3H3,(H,21,23). The molecule has 0 amide bonds. The molecule has 0 aliphatic carbocycles. The molecule has 0 saturated carbocycles. The van der Waals surface area contributed by atoms with E-state index >= 15 is 0 Å². The van der Waals surface area contributed by atoms with E-state index in [1.807, 2.05) is 0 Å². The molecule has 1 aromatic heterocycles. The molecule has 1 N–H and O–H groups in total. The Hall–Kier alpha value is -3.42. The largest absolute Gasteiger partial charge is 0.485 e. The van der Waals surface area contributed by atoms with Gasteiger partial charge in [0.1, 0.15) is 12.3 Å². The van der Waals surface area contributed by atoms with Gasteiger partial charge in [-0.3, -0.25) is 14.4 Å². The van der Waals surface area contributed by atoms with Gasteiger partial charge in [-0.15, -0.1) is 0 Å². The Labute approximate surface area is 160 Å². The summed E-state index contributed by atoms with van der Waals surface area (Å²) in [7, 11) is 1.30. The molecule has 0 aliphatic heterocycles. The summed E-state index contributed by atoms with van der Waals surface area (Å²) in [6.45, 7) is 3.52. The summed E-state index contributed by atoms with van der Waals surface area (Å²) in [5.41, 5.74) is -0.583. The quantitative estimate of drug-likeness (QED) is 0.569. The van der Waals surface area contributed by atoms with Gasteiger partial charge in [-0.05, 0) is 32.0 Å². The average Bonchev–Trinajstić information content (AvgIpc) is 2.84. The molecule has 0 radical (unpaired) electrons. The third kappa shape index (κ3) is 5.06. The zero-order valence-electron chi connectivity index (χ0n) is 15.8. The van der Waals surface area contributed by atoms with Crippen molar-refractivity contribution in [3.63, 3.8) is 0 Å². The lowest BCUT2D eigenvalue weighted by Crippen LogP contribution is -2.12. The molecule has 148 valence electrons. The molecule has 1 unspecified atom stereocenters. The first-order valence-corrected chi connectivity index (χ1v) is 8.63. The van der Waals surface area contributed by atoms with Gasteiger partial charge in [0.25, 0.3) is 0 Å². The van der Waals surface area contributed by atoms with Crippen LogP contribution in [-0.2, 0) is 14.3 Å². The molecule has 1 atom stereocenters. The molecular formula is C20H21NO7. The minimum atomic E-state index is -0.656. The van der Waals surface area contributed by atoms with Crippen LogP contribution in [-0.4, -0.2) is 37.2 Å². The number of rotatable bonds is 7. The highest BCUT2D eigenvalue weighted by Crippen LogP contribution is 2.12. The third-order valence-electron chi connectivity index (χ3n) is 3.85. The zero-order valence-corrected chi connectivity index (χ0v) is 15.8. The summed E-state index contributed by atoms with van der Waals surface area (Å²) in [4.78, 5) is 50.6. The summed E-state index contributed by atoms with van der Waals surface area (Å²) in [6.07, 6.45) is 3.18. The first-order chi connectivity index (χ1) is 13.4. The van der Waals surface area contributed by atoms with Crippen molar-refractivity contribution < 1.29 is 23.8 Å². The molecule has 1 aromatic carbocycles. The number of hydrogen-bond donors (Lipinski definition) is 1. The third-order valence-corrected chi connectivity index (χ3v) is 3.85. The van der Waals surface area contributed by atoms with Crippen molar-refractivity contribution in [3.8, 4) is 5.75 Å². The van der Waals surface area contributed by atoms with Crippen molar-refractivity contribution in [2.24, 2.45) is 5.92 Å². The number of ether oxygens (including phenoxy) is 3. The first-order valence-electron chi connectivity index (χ1n) is 8.63. The van der Waals surface area contributed by atoms with Crippen LogP contribution in [0.1, 0.15) is 24.3 Å². The van der Waals surface area contributed by atoms with Crippen LogP contribution in [0.4, 0.5) is 0 Å². The minimum absolute atomic E-state index is 0.000184. The maximum atomic E-state index is 12.4. The second-order valence-corrected chi connectivity index (χ2v) is 5.85. The van der Waals surface area contributed by atoms with E-state index in [4.69, 9.17) is 9.47 Å². The average molecular weight is 387 g/mol. The number of pyridine rings is 1. The molecule has 2 aromatic rings. The van der Waals surface area contributed by atoms with Crippen LogP contribution in [0.3, 0.4) is 0 Å². The maximum Gasteiger partial charge on any atom is 0.354 e. The van der Waals surface area contributed by atoms with E-state index < -0.39 is 22.7 Å². The highest BCUT2D eigenvalue weighted by Gasteiger charge is 2.12. The molecule has 0 bridgehead atoms. The van der Waals surface area contributed by atoms with Crippen molar-refractivity contribution in [1.82, 2.24) is 4.98 Å². The highest BCUT2D eigenvalue weighted by atomic mass is 16.5. The summed E-state index contributed by atoms with van der Waals surface area (Å²) < 4.78 is 14.9. The fraction of sp³-hybridized carbons (Fsp3) is 0.300. The van der Waals surface area contributed by atoms with Gasteiger partial charge < -0.3 is 19.2 Å². The predicted molar refractivity (Wildman–Crippen MR) is 103 cm³/mol. The van der Waals surface area contributed by atoms with Gasteiger partial charge in [0, 0.05) is 11.5 Å². The Bertz CT molecular complexity index is 1020. The van der Waals surface area contributed by atoms with E-state index in [1.165, 1.54) is 25.3 Å². The van der Waals surface area contributed by atoms with Gasteiger partial charge in [-0.25, -0.2) is 4.79 Å². The molecule has 2 rings (SSSR count). The fourth-order valence-electron chi connectivity index (χ4n) is 2.41. The Kier molecular flexibility index (Phi) is 7.08. The number of fused-ring (bicyclic) bond motifs is 1. The molecule has 8 nitrogen and oxygen atoms in total. The Balaban J connectivity index is 2.31. The number of hydrogen-bond acceptors (Lipinski definition) is 7. The first kappa shape index (κ1) is 20.9. The Morgan fingerprint density at radius 2 is 1.93 bits per heavy atom.